The summed E-state index contributed by atoms with van der Waals surface area (Å²) < 4.78 is 56.9. The zero-order chi connectivity index (χ0) is 24.3. The van der Waals surface area contributed by atoms with E-state index in [4.69, 9.17) is 15.4 Å². The van der Waals surface area contributed by atoms with Crippen LogP contribution in [0.5, 0.6) is 0 Å². The maximum atomic E-state index is 13.4. The number of rotatable bonds is 7. The van der Waals surface area contributed by atoms with E-state index in [0.29, 0.717) is 17.9 Å². The third-order valence-corrected chi connectivity index (χ3v) is 9.41. The van der Waals surface area contributed by atoms with Gasteiger partial charge in [-0.25, -0.2) is 4.21 Å². The summed E-state index contributed by atoms with van der Waals surface area (Å²) in [5, 5.41) is 0. The fraction of sp³-hybridized carbons (Fsp3) is 0.417. The smallest absolute Gasteiger partial charge is 0.300 e. The lowest BCUT2D eigenvalue weighted by molar-refractivity contribution is -0.137. The molecule has 0 spiro atoms. The lowest BCUT2D eigenvalue weighted by Crippen LogP contribution is -2.47. The highest BCUT2D eigenvalue weighted by molar-refractivity contribution is 8.30. The molecule has 0 amide bonds. The quantitative estimate of drug-likeness (QED) is 0.433. The van der Waals surface area contributed by atoms with Crippen LogP contribution in [0.4, 0.5) is 13.2 Å². The molecule has 2 aromatic carbocycles. The van der Waals surface area contributed by atoms with Crippen molar-refractivity contribution in [2.24, 2.45) is 0 Å². The van der Waals surface area contributed by atoms with E-state index in [2.05, 4.69) is 15.9 Å². The van der Waals surface area contributed by atoms with Gasteiger partial charge < -0.3 is 4.90 Å². The second kappa shape index (κ2) is 10.7. The summed E-state index contributed by atoms with van der Waals surface area (Å²) >= 11 is 6.45. The average Bonchev–Trinajstić information content (AvgIpc) is 2.82. The number of piperazine rings is 1. The Balaban J connectivity index is 1.43. The zero-order valence-electron chi connectivity index (χ0n) is 18.8. The fourth-order valence-corrected chi connectivity index (χ4v) is 6.18. The molecule has 0 saturated carbocycles. The van der Waals surface area contributed by atoms with Crippen LogP contribution in [0.15, 0.2) is 58.3 Å². The molecule has 1 atom stereocenters. The van der Waals surface area contributed by atoms with Crippen molar-refractivity contribution in [1.29, 1.82) is 0 Å². The Morgan fingerprint density at radius 2 is 1.68 bits per heavy atom. The molecular formula is C24H27F3N2O2S3. The Morgan fingerprint density at radius 3 is 2.35 bits per heavy atom. The van der Waals surface area contributed by atoms with Crippen molar-refractivity contribution >= 4 is 37.3 Å². The van der Waals surface area contributed by atoms with Crippen molar-refractivity contribution in [3.8, 4) is 0 Å². The van der Waals surface area contributed by atoms with Gasteiger partial charge in [0.25, 0.3) is 0 Å². The van der Waals surface area contributed by atoms with Crippen LogP contribution in [0.1, 0.15) is 23.1 Å². The van der Waals surface area contributed by atoms with E-state index in [-0.39, 0.29) is 0 Å². The Hall–Kier alpha value is -1.43. The van der Waals surface area contributed by atoms with Gasteiger partial charge in [-0.05, 0) is 47.4 Å². The summed E-state index contributed by atoms with van der Waals surface area (Å²) in [6.45, 7) is 4.98. The summed E-state index contributed by atoms with van der Waals surface area (Å²) in [7, 11) is -1.24. The molecule has 0 radical (unpaired) electrons. The van der Waals surface area contributed by atoms with Crippen molar-refractivity contribution in [3.05, 3.63) is 65.2 Å². The third kappa shape index (κ3) is 6.22. The van der Waals surface area contributed by atoms with Gasteiger partial charge in [0.2, 0.25) is 0 Å². The van der Waals surface area contributed by atoms with Crippen LogP contribution in [0.25, 0.3) is 5.57 Å². The number of nitrogens with zero attached hydrogens (tertiary/aromatic N) is 2. The van der Waals surface area contributed by atoms with Gasteiger partial charge >= 0.3 is 6.18 Å². The van der Waals surface area contributed by atoms with Crippen LogP contribution in [0, 0.1) is 0 Å². The minimum atomic E-state index is -4.37. The van der Waals surface area contributed by atoms with Gasteiger partial charge in [0.1, 0.15) is 8.77 Å². The summed E-state index contributed by atoms with van der Waals surface area (Å²) in [6, 6.07) is 11.9. The molecule has 184 valence electrons. The first-order chi connectivity index (χ1) is 16.2. The molecule has 0 aromatic heterocycles. The highest BCUT2D eigenvalue weighted by Crippen LogP contribution is 2.47. The summed E-state index contributed by atoms with van der Waals surface area (Å²) in [5.41, 5.74) is 1.88. The Labute approximate surface area is 208 Å². The molecule has 34 heavy (non-hydrogen) atoms. The van der Waals surface area contributed by atoms with E-state index < -0.39 is 20.5 Å². The summed E-state index contributed by atoms with van der Waals surface area (Å²) in [6.07, 6.45) is -1.55. The number of hydrogen-bond donors (Lipinski definition) is 0. The van der Waals surface area contributed by atoms with Gasteiger partial charge in [-0.3, -0.25) is 9.08 Å². The lowest BCUT2D eigenvalue weighted by Gasteiger charge is -2.34. The molecule has 2 aromatic rings. The largest absolute Gasteiger partial charge is 0.416 e. The first-order valence-electron chi connectivity index (χ1n) is 11.1. The minimum Gasteiger partial charge on any atom is -0.300 e. The van der Waals surface area contributed by atoms with Crippen molar-refractivity contribution in [2.75, 3.05) is 52.1 Å². The molecule has 4 nitrogen and oxygen atoms in total. The van der Waals surface area contributed by atoms with Gasteiger partial charge in [-0.15, -0.1) is 0 Å². The van der Waals surface area contributed by atoms with E-state index in [0.717, 1.165) is 66.1 Å². The van der Waals surface area contributed by atoms with E-state index >= 15 is 0 Å². The molecular weight excluding hydrogens is 501 g/mol. The molecule has 2 aliphatic heterocycles. The van der Waals surface area contributed by atoms with Crippen molar-refractivity contribution in [3.63, 3.8) is 0 Å². The molecule has 1 saturated heterocycles. The van der Waals surface area contributed by atoms with Crippen LogP contribution < -0.4 is 0 Å². The fourth-order valence-electron chi connectivity index (χ4n) is 4.22. The van der Waals surface area contributed by atoms with Gasteiger partial charge in [0.15, 0.2) is 0 Å². The predicted molar refractivity (Wildman–Crippen MR) is 134 cm³/mol. The molecule has 2 aliphatic rings. The Kier molecular flexibility index (Phi) is 8.06. The molecule has 0 bridgehead atoms. The third-order valence-electron chi connectivity index (χ3n) is 6.16. The summed E-state index contributed by atoms with van der Waals surface area (Å²) in [4.78, 5) is 6.50. The van der Waals surface area contributed by atoms with Crippen molar-refractivity contribution < 1.29 is 21.6 Å². The van der Waals surface area contributed by atoms with E-state index in [1.165, 1.54) is 24.9 Å². The Bertz CT molecular complexity index is 1160. The molecule has 1 unspecified atom stereocenters. The van der Waals surface area contributed by atoms with E-state index in [1.807, 2.05) is 24.3 Å². The highest BCUT2D eigenvalue weighted by atomic mass is 32.8. The highest BCUT2D eigenvalue weighted by Gasteiger charge is 2.32. The zero-order valence-corrected chi connectivity index (χ0v) is 21.3. The molecule has 1 fully saturated rings. The average molecular weight is 529 g/mol. The molecule has 10 heteroatoms. The van der Waals surface area contributed by atoms with Crippen LogP contribution in [-0.2, 0) is 30.3 Å². The second-order valence-corrected chi connectivity index (χ2v) is 12.8. The molecule has 0 N–H and O–H groups in total. The van der Waals surface area contributed by atoms with Gasteiger partial charge in [0, 0.05) is 60.2 Å². The van der Waals surface area contributed by atoms with Gasteiger partial charge in [-0.2, -0.15) is 13.2 Å². The first-order valence-corrected chi connectivity index (χ1v) is 14.5. The maximum Gasteiger partial charge on any atom is 0.416 e. The minimum absolute atomic E-state index is 0.349. The number of halogens is 3. The van der Waals surface area contributed by atoms with E-state index in [9.17, 15) is 17.4 Å². The van der Waals surface area contributed by atoms with Crippen molar-refractivity contribution in [2.45, 2.75) is 22.4 Å². The SMILES string of the molecule is COS(=O)(=S)CCN1CCN(CCC=C2c3ccccc3Sc3ccc(C(F)(F)F)cc32)CC1. The van der Waals surface area contributed by atoms with Crippen LogP contribution in [-0.4, -0.2) is 66.1 Å². The van der Waals surface area contributed by atoms with Crippen LogP contribution in [0.2, 0.25) is 0 Å². The lowest BCUT2D eigenvalue weighted by atomic mass is 9.94. The molecule has 4 rings (SSSR count). The predicted octanol–water partition coefficient (Wildman–Crippen LogP) is 4.92. The van der Waals surface area contributed by atoms with E-state index in [1.54, 1.807) is 6.07 Å². The monoisotopic (exact) mass is 528 g/mol. The molecule has 0 aliphatic carbocycles. The number of hydrogen-bond acceptors (Lipinski definition) is 6. The topological polar surface area (TPSA) is 32.8 Å². The van der Waals surface area contributed by atoms with Crippen LogP contribution in [0.3, 0.4) is 0 Å². The number of fused-ring (bicyclic) bond motifs is 2. The van der Waals surface area contributed by atoms with Gasteiger partial charge in [-0.1, -0.05) is 36.0 Å². The maximum absolute atomic E-state index is 13.4. The second-order valence-electron chi connectivity index (χ2n) is 8.33. The standard InChI is InChI=1S/C24H27F3N2O2S3/c1-31-34(30,32)16-15-29-13-11-28(12-14-29)10-4-6-19-20-5-2-3-7-22(20)33-23-9-8-18(17-21(19)23)24(25,26)27/h2-3,5-9,17H,4,10-16H2,1H3. The first kappa shape index (κ1) is 25.7. The van der Waals surface area contributed by atoms with Gasteiger partial charge in [0.05, 0.1) is 18.4 Å². The molecule has 2 heterocycles. The summed E-state index contributed by atoms with van der Waals surface area (Å²) in [5.74, 6) is 0.349. The number of alkyl halides is 3. The normalized spacial score (nSPS) is 20.1. The van der Waals surface area contributed by atoms with Crippen LogP contribution >= 0.6 is 11.8 Å². The van der Waals surface area contributed by atoms with Crippen molar-refractivity contribution in [1.82, 2.24) is 9.80 Å². The number of benzene rings is 2. The Morgan fingerprint density at radius 1 is 1.03 bits per heavy atom.